The fourth-order valence-electron chi connectivity index (χ4n) is 3.60. The molecule has 0 aliphatic heterocycles. The summed E-state index contributed by atoms with van der Waals surface area (Å²) in [4.78, 5) is 41.0. The number of nitrogens with zero attached hydrogens (tertiary/aromatic N) is 7. The van der Waals surface area contributed by atoms with Crippen molar-refractivity contribution in [3.8, 4) is 0 Å². The van der Waals surface area contributed by atoms with Crippen LogP contribution in [0.5, 0.6) is 0 Å². The third kappa shape index (κ3) is 3.60. The van der Waals surface area contributed by atoms with E-state index in [9.17, 15) is 9.59 Å². The number of thioether (sulfide) groups is 1. The molecule has 0 spiro atoms. The lowest BCUT2D eigenvalue weighted by atomic mass is 10.1. The van der Waals surface area contributed by atoms with Crippen LogP contribution in [-0.4, -0.2) is 38.7 Å². The van der Waals surface area contributed by atoms with Gasteiger partial charge < -0.3 is 4.57 Å². The summed E-state index contributed by atoms with van der Waals surface area (Å²) in [6.07, 6.45) is 3.44. The van der Waals surface area contributed by atoms with Crippen LogP contribution in [0.4, 0.5) is 0 Å². The second kappa shape index (κ2) is 8.08. The van der Waals surface area contributed by atoms with E-state index >= 15 is 0 Å². The van der Waals surface area contributed by atoms with E-state index in [2.05, 4.69) is 20.1 Å². The zero-order valence-electron chi connectivity index (χ0n) is 17.5. The minimum Gasteiger partial charge on any atom is -0.322 e. The van der Waals surface area contributed by atoms with Crippen LogP contribution >= 0.6 is 11.8 Å². The van der Waals surface area contributed by atoms with E-state index in [0.717, 1.165) is 11.1 Å². The number of benzene rings is 1. The molecule has 0 amide bonds. The predicted molar refractivity (Wildman–Crippen MR) is 121 cm³/mol. The third-order valence-electron chi connectivity index (χ3n) is 5.17. The van der Waals surface area contributed by atoms with Gasteiger partial charge in [-0.25, -0.2) is 19.3 Å². The third-order valence-corrected chi connectivity index (χ3v) is 6.00. The van der Waals surface area contributed by atoms with Crippen molar-refractivity contribution in [2.24, 2.45) is 0 Å². The van der Waals surface area contributed by atoms with Gasteiger partial charge in [0.15, 0.2) is 11.2 Å². The highest BCUT2D eigenvalue weighted by molar-refractivity contribution is 7.98. The molecular weight excluding hydrogens is 428 g/mol. The second-order valence-corrected chi connectivity index (χ2v) is 8.27. The van der Waals surface area contributed by atoms with Gasteiger partial charge in [-0.2, -0.15) is 4.98 Å². The highest BCUT2D eigenvalue weighted by Crippen LogP contribution is 2.22. The van der Waals surface area contributed by atoms with Gasteiger partial charge in [0.2, 0.25) is 5.16 Å². The van der Waals surface area contributed by atoms with E-state index in [1.807, 2.05) is 42.7 Å². The molecule has 162 valence electrons. The molecule has 0 fully saturated rings. The number of hydrogen-bond acceptors (Lipinski definition) is 7. The first-order chi connectivity index (χ1) is 15.5. The zero-order valence-corrected chi connectivity index (χ0v) is 18.3. The minimum atomic E-state index is -0.476. The van der Waals surface area contributed by atoms with E-state index in [1.54, 1.807) is 23.0 Å². The van der Waals surface area contributed by atoms with Gasteiger partial charge in [0.25, 0.3) is 11.3 Å². The SMILES string of the molecule is CCn1c(CSc2nc3ncccn3n2)nc2c1c(=O)[nH]c(=O)n2Cc1ccc(C)cc1. The first kappa shape index (κ1) is 20.2. The van der Waals surface area contributed by atoms with E-state index in [4.69, 9.17) is 4.98 Å². The molecule has 0 radical (unpaired) electrons. The number of nitrogens with one attached hydrogen (secondary N) is 1. The Morgan fingerprint density at radius 3 is 2.66 bits per heavy atom. The summed E-state index contributed by atoms with van der Waals surface area (Å²) in [6, 6.07) is 9.70. The van der Waals surface area contributed by atoms with Gasteiger partial charge >= 0.3 is 5.69 Å². The van der Waals surface area contributed by atoms with E-state index < -0.39 is 11.2 Å². The largest absolute Gasteiger partial charge is 0.330 e. The van der Waals surface area contributed by atoms with Gasteiger partial charge in [-0.3, -0.25) is 14.3 Å². The molecule has 10 nitrogen and oxygen atoms in total. The van der Waals surface area contributed by atoms with Crippen LogP contribution in [0.2, 0.25) is 0 Å². The summed E-state index contributed by atoms with van der Waals surface area (Å²) >= 11 is 1.40. The van der Waals surface area contributed by atoms with Crippen molar-refractivity contribution in [2.75, 3.05) is 0 Å². The molecule has 0 bridgehead atoms. The molecule has 1 N–H and O–H groups in total. The summed E-state index contributed by atoms with van der Waals surface area (Å²) in [5, 5.41) is 4.95. The Kier molecular flexibility index (Phi) is 5.10. The Labute approximate surface area is 186 Å². The fourth-order valence-corrected chi connectivity index (χ4v) is 4.37. The van der Waals surface area contributed by atoms with Gasteiger partial charge in [-0.1, -0.05) is 41.6 Å². The molecule has 4 aromatic heterocycles. The highest BCUT2D eigenvalue weighted by Gasteiger charge is 2.19. The standard InChI is InChI=1S/C21H20N8O2S/c1-3-27-15(12-32-20-25-19-22-9-4-10-29(19)26-20)23-17-16(27)18(30)24-21(31)28(17)11-14-7-5-13(2)6-8-14/h4-10H,3,11-12H2,1-2H3,(H,24,30,31). The lowest BCUT2D eigenvalue weighted by molar-refractivity contribution is 0.736. The van der Waals surface area contributed by atoms with Crippen molar-refractivity contribution in [2.45, 2.75) is 37.8 Å². The van der Waals surface area contributed by atoms with Gasteiger partial charge in [0.05, 0.1) is 12.3 Å². The normalized spacial score (nSPS) is 11.6. The molecule has 0 saturated heterocycles. The number of hydrogen-bond donors (Lipinski definition) is 1. The average Bonchev–Trinajstić information content (AvgIpc) is 3.37. The van der Waals surface area contributed by atoms with Crippen LogP contribution in [0.15, 0.2) is 57.5 Å². The Morgan fingerprint density at radius 1 is 1.09 bits per heavy atom. The smallest absolute Gasteiger partial charge is 0.322 e. The first-order valence-electron chi connectivity index (χ1n) is 10.1. The number of aromatic nitrogens is 8. The first-order valence-corrected chi connectivity index (χ1v) is 11.1. The summed E-state index contributed by atoms with van der Waals surface area (Å²) in [5.74, 6) is 1.63. The van der Waals surface area contributed by atoms with Crippen LogP contribution in [0.1, 0.15) is 23.9 Å². The molecule has 1 aromatic carbocycles. The molecular formula is C21H20N8O2S. The van der Waals surface area contributed by atoms with Gasteiger partial charge in [-0.05, 0) is 25.5 Å². The zero-order chi connectivity index (χ0) is 22.2. The molecule has 11 heteroatoms. The molecule has 0 aliphatic carbocycles. The lowest BCUT2D eigenvalue weighted by Crippen LogP contribution is -2.31. The molecule has 0 aliphatic rings. The predicted octanol–water partition coefficient (Wildman–Crippen LogP) is 1.99. The van der Waals surface area contributed by atoms with Crippen molar-refractivity contribution in [1.82, 2.24) is 38.7 Å². The number of fused-ring (bicyclic) bond motifs is 2. The topological polar surface area (TPSA) is 116 Å². The van der Waals surface area contributed by atoms with Crippen molar-refractivity contribution < 1.29 is 0 Å². The van der Waals surface area contributed by atoms with Crippen molar-refractivity contribution in [1.29, 1.82) is 0 Å². The molecule has 0 saturated carbocycles. The Morgan fingerprint density at radius 2 is 1.91 bits per heavy atom. The highest BCUT2D eigenvalue weighted by atomic mass is 32.2. The molecule has 0 unspecified atom stereocenters. The van der Waals surface area contributed by atoms with Gasteiger partial charge in [0.1, 0.15) is 5.82 Å². The Bertz CT molecular complexity index is 1510. The van der Waals surface area contributed by atoms with Crippen LogP contribution in [0.25, 0.3) is 16.9 Å². The molecule has 0 atom stereocenters. The van der Waals surface area contributed by atoms with Crippen LogP contribution in [-0.2, 0) is 18.8 Å². The van der Waals surface area contributed by atoms with Crippen molar-refractivity contribution in [3.05, 3.63) is 80.5 Å². The maximum Gasteiger partial charge on any atom is 0.330 e. The number of imidazole rings is 1. The van der Waals surface area contributed by atoms with Crippen molar-refractivity contribution >= 4 is 28.7 Å². The number of aromatic amines is 1. The summed E-state index contributed by atoms with van der Waals surface area (Å²) in [5.41, 5.74) is 1.94. The maximum absolute atomic E-state index is 12.7. The summed E-state index contributed by atoms with van der Waals surface area (Å²) in [6.45, 7) is 4.81. The Hall–Kier alpha value is -3.73. The summed E-state index contributed by atoms with van der Waals surface area (Å²) < 4.78 is 4.95. The maximum atomic E-state index is 12.7. The number of H-pyrrole nitrogens is 1. The lowest BCUT2D eigenvalue weighted by Gasteiger charge is -2.07. The van der Waals surface area contributed by atoms with E-state index in [-0.39, 0.29) is 0 Å². The summed E-state index contributed by atoms with van der Waals surface area (Å²) in [7, 11) is 0. The van der Waals surface area contributed by atoms with Crippen LogP contribution < -0.4 is 11.2 Å². The fraction of sp³-hybridized carbons (Fsp3) is 0.238. The molecule has 5 aromatic rings. The van der Waals surface area contributed by atoms with Crippen LogP contribution in [0.3, 0.4) is 0 Å². The molecule has 5 rings (SSSR count). The van der Waals surface area contributed by atoms with E-state index in [1.165, 1.54) is 16.3 Å². The Balaban J connectivity index is 1.54. The second-order valence-electron chi connectivity index (χ2n) is 7.32. The molecule has 4 heterocycles. The number of rotatable bonds is 6. The van der Waals surface area contributed by atoms with Crippen molar-refractivity contribution in [3.63, 3.8) is 0 Å². The quantitative estimate of drug-likeness (QED) is 0.395. The van der Waals surface area contributed by atoms with Crippen LogP contribution in [0, 0.1) is 6.92 Å². The average molecular weight is 449 g/mol. The van der Waals surface area contributed by atoms with Gasteiger partial charge in [0, 0.05) is 18.9 Å². The molecule has 32 heavy (non-hydrogen) atoms. The minimum absolute atomic E-state index is 0.319. The monoisotopic (exact) mass is 448 g/mol. The van der Waals surface area contributed by atoms with Gasteiger partial charge in [-0.15, -0.1) is 5.10 Å². The van der Waals surface area contributed by atoms with E-state index in [0.29, 0.717) is 46.8 Å². The number of aryl methyl sites for hydroxylation is 2.